The van der Waals surface area contributed by atoms with Gasteiger partial charge in [0.05, 0.1) is 0 Å². The zero-order valence-electron chi connectivity index (χ0n) is 12.4. The van der Waals surface area contributed by atoms with Crippen LogP contribution in [0.4, 0.5) is 0 Å². The predicted molar refractivity (Wildman–Crippen MR) is 89.8 cm³/mol. The Morgan fingerprint density at radius 1 is 0.850 bits per heavy atom. The van der Waals surface area contributed by atoms with Crippen LogP contribution in [0.25, 0.3) is 0 Å². The molecule has 0 atom stereocenters. The van der Waals surface area contributed by atoms with Crippen LogP contribution in [0.1, 0.15) is 11.1 Å². The van der Waals surface area contributed by atoms with Gasteiger partial charge in [0, 0.05) is 13.1 Å². The van der Waals surface area contributed by atoms with Gasteiger partial charge >= 0.3 is 0 Å². The lowest BCUT2D eigenvalue weighted by Crippen LogP contribution is -2.46. The summed E-state index contributed by atoms with van der Waals surface area (Å²) in [5.74, 6) is 0. The molecule has 0 bridgehead atoms. The van der Waals surface area contributed by atoms with E-state index in [9.17, 15) is 0 Å². The van der Waals surface area contributed by atoms with Crippen LogP contribution in [0.2, 0.25) is 13.1 Å². The van der Waals surface area contributed by atoms with Crippen LogP contribution < -0.4 is 0 Å². The number of hydrogen-bond donors (Lipinski definition) is 0. The van der Waals surface area contributed by atoms with Crippen LogP contribution in [0, 0.1) is 0 Å². The van der Waals surface area contributed by atoms with E-state index in [0.717, 1.165) is 13.1 Å². The minimum absolute atomic E-state index is 0.987. The molecule has 0 unspecified atom stereocenters. The number of benzene rings is 2. The van der Waals surface area contributed by atoms with Gasteiger partial charge in [-0.2, -0.15) is 0 Å². The zero-order valence-corrected chi connectivity index (χ0v) is 13.4. The summed E-state index contributed by atoms with van der Waals surface area (Å²) in [5.41, 5.74) is 4.90. The van der Waals surface area contributed by atoms with Gasteiger partial charge < -0.3 is 4.57 Å². The summed E-state index contributed by atoms with van der Waals surface area (Å²) in [6.45, 7) is 10.7. The molecule has 0 aliphatic carbocycles. The molecule has 0 aromatic heterocycles. The third-order valence-corrected chi connectivity index (χ3v) is 6.69. The maximum absolute atomic E-state index is 4.06. The maximum atomic E-state index is 4.06. The molecular formula is C18H23NSi. The third-order valence-electron chi connectivity index (χ3n) is 3.75. The van der Waals surface area contributed by atoms with E-state index in [0.29, 0.717) is 0 Å². The fourth-order valence-corrected chi connectivity index (χ4v) is 3.64. The van der Waals surface area contributed by atoms with Gasteiger partial charge in [0.1, 0.15) is 8.24 Å². The lowest BCUT2D eigenvalue weighted by Gasteiger charge is -2.34. The van der Waals surface area contributed by atoms with Crippen molar-refractivity contribution in [3.05, 3.63) is 84.1 Å². The first kappa shape index (κ1) is 14.8. The highest BCUT2D eigenvalue weighted by molar-refractivity contribution is 6.79. The Hall–Kier alpha value is -1.64. The number of hydrogen-bond acceptors (Lipinski definition) is 1. The van der Waals surface area contributed by atoms with Crippen LogP contribution >= 0.6 is 0 Å². The molecular weight excluding hydrogens is 258 g/mol. The molecule has 0 aliphatic rings. The zero-order chi connectivity index (χ0) is 14.4. The Morgan fingerprint density at radius 3 is 1.60 bits per heavy atom. The summed E-state index contributed by atoms with van der Waals surface area (Å²) in [6.07, 6.45) is 0. The van der Waals surface area contributed by atoms with Crippen LogP contribution in [0.5, 0.6) is 0 Å². The quantitative estimate of drug-likeness (QED) is 0.698. The summed E-state index contributed by atoms with van der Waals surface area (Å²) in [6, 6.07) is 21.4. The minimum atomic E-state index is -1.58. The van der Waals surface area contributed by atoms with Crippen molar-refractivity contribution in [2.24, 2.45) is 0 Å². The van der Waals surface area contributed by atoms with Gasteiger partial charge in [-0.1, -0.05) is 79.5 Å². The van der Waals surface area contributed by atoms with E-state index in [4.69, 9.17) is 0 Å². The molecule has 104 valence electrons. The van der Waals surface area contributed by atoms with E-state index < -0.39 is 8.24 Å². The fraction of sp³-hybridized carbons (Fsp3) is 0.222. The highest BCUT2D eigenvalue weighted by Gasteiger charge is 2.26. The van der Waals surface area contributed by atoms with Crippen molar-refractivity contribution in [2.75, 3.05) is 0 Å². The van der Waals surface area contributed by atoms with Crippen molar-refractivity contribution in [1.29, 1.82) is 0 Å². The maximum Gasteiger partial charge on any atom is 0.146 e. The van der Waals surface area contributed by atoms with Crippen LogP contribution in [0.3, 0.4) is 0 Å². The van der Waals surface area contributed by atoms with Gasteiger partial charge in [-0.25, -0.2) is 0 Å². The molecule has 0 aliphatic heterocycles. The topological polar surface area (TPSA) is 3.24 Å². The number of nitrogens with zero attached hydrogens (tertiary/aromatic N) is 1. The van der Waals surface area contributed by atoms with E-state index >= 15 is 0 Å². The monoisotopic (exact) mass is 281 g/mol. The van der Waals surface area contributed by atoms with E-state index in [-0.39, 0.29) is 0 Å². The molecule has 0 N–H and O–H groups in total. The van der Waals surface area contributed by atoms with Crippen molar-refractivity contribution in [3.63, 3.8) is 0 Å². The number of rotatable bonds is 6. The van der Waals surface area contributed by atoms with Crippen molar-refractivity contribution >= 4 is 8.24 Å². The van der Waals surface area contributed by atoms with Crippen LogP contribution in [-0.2, 0) is 13.1 Å². The van der Waals surface area contributed by atoms with Crippen LogP contribution in [0.15, 0.2) is 72.9 Å². The fourth-order valence-electron chi connectivity index (χ4n) is 2.20. The molecule has 1 nitrogen and oxygen atoms in total. The molecule has 0 spiro atoms. The van der Waals surface area contributed by atoms with Crippen molar-refractivity contribution in [2.45, 2.75) is 26.2 Å². The predicted octanol–water partition coefficient (Wildman–Crippen LogP) is 4.62. The molecule has 0 fully saturated rings. The highest BCUT2D eigenvalue weighted by Crippen LogP contribution is 2.19. The average Bonchev–Trinajstić information content (AvgIpc) is 2.49. The Labute approximate surface area is 123 Å². The van der Waals surface area contributed by atoms with Crippen molar-refractivity contribution in [1.82, 2.24) is 4.57 Å². The Bertz CT molecular complexity index is 492. The van der Waals surface area contributed by atoms with Gasteiger partial charge in [-0.15, -0.1) is 6.58 Å². The summed E-state index contributed by atoms with van der Waals surface area (Å²) in [4.78, 5) is 0. The third kappa shape index (κ3) is 3.92. The van der Waals surface area contributed by atoms with E-state index in [1.807, 2.05) is 0 Å². The minimum Gasteiger partial charge on any atom is -0.312 e. The molecule has 2 heteroatoms. The summed E-state index contributed by atoms with van der Waals surface area (Å²) < 4.78 is 2.59. The summed E-state index contributed by atoms with van der Waals surface area (Å²) in [7, 11) is -1.58. The Morgan fingerprint density at radius 2 is 1.25 bits per heavy atom. The second-order valence-electron chi connectivity index (χ2n) is 5.69. The average molecular weight is 281 g/mol. The van der Waals surface area contributed by atoms with Gasteiger partial charge in [0.2, 0.25) is 0 Å². The van der Waals surface area contributed by atoms with Crippen molar-refractivity contribution < 1.29 is 0 Å². The molecule has 0 saturated carbocycles. The van der Waals surface area contributed by atoms with Gasteiger partial charge in [0.25, 0.3) is 0 Å². The normalized spacial score (nSPS) is 11.6. The first-order valence-electron chi connectivity index (χ1n) is 7.08. The van der Waals surface area contributed by atoms with Gasteiger partial charge in [-0.05, 0) is 11.1 Å². The Balaban J connectivity index is 2.19. The second kappa shape index (κ2) is 6.68. The molecule has 0 saturated heterocycles. The molecule has 2 aromatic carbocycles. The Kier molecular flexibility index (Phi) is 4.93. The standard InChI is InChI=1S/C18H23NSi/c1-4-20(2,3)19(15-17-11-7-5-8-12-17)16-18-13-9-6-10-14-18/h4-14H,1,15-16H2,2-3H3. The lowest BCUT2D eigenvalue weighted by molar-refractivity contribution is 0.414. The second-order valence-corrected chi connectivity index (χ2v) is 10.0. The van der Waals surface area contributed by atoms with Crippen LogP contribution in [-0.4, -0.2) is 12.8 Å². The smallest absolute Gasteiger partial charge is 0.146 e. The molecule has 0 amide bonds. The van der Waals surface area contributed by atoms with E-state index in [1.165, 1.54) is 11.1 Å². The molecule has 20 heavy (non-hydrogen) atoms. The highest BCUT2D eigenvalue weighted by atomic mass is 28.3. The van der Waals surface area contributed by atoms with Gasteiger partial charge in [-0.3, -0.25) is 0 Å². The SMILES string of the molecule is C=C[Si](C)(C)N(Cc1ccccc1)Cc1ccccc1. The largest absolute Gasteiger partial charge is 0.312 e. The molecule has 2 aromatic rings. The first-order chi connectivity index (χ1) is 9.62. The first-order valence-corrected chi connectivity index (χ1v) is 10.1. The molecule has 2 rings (SSSR count). The van der Waals surface area contributed by atoms with Crippen molar-refractivity contribution in [3.8, 4) is 0 Å². The summed E-state index contributed by atoms with van der Waals surface area (Å²) in [5, 5.41) is 0. The lowest BCUT2D eigenvalue weighted by atomic mass is 10.2. The molecule has 0 heterocycles. The van der Waals surface area contributed by atoms with E-state index in [2.05, 4.69) is 90.6 Å². The molecule has 0 radical (unpaired) electrons. The van der Waals surface area contributed by atoms with Gasteiger partial charge in [0.15, 0.2) is 0 Å². The summed E-state index contributed by atoms with van der Waals surface area (Å²) >= 11 is 0. The van der Waals surface area contributed by atoms with E-state index in [1.54, 1.807) is 0 Å².